The van der Waals surface area contributed by atoms with Crippen LogP contribution in [-0.4, -0.2) is 41.1 Å². The summed E-state index contributed by atoms with van der Waals surface area (Å²) in [6.45, 7) is 0.0955. The Morgan fingerprint density at radius 1 is 1.38 bits per heavy atom. The highest BCUT2D eigenvalue weighted by Crippen LogP contribution is 2.22. The molecule has 1 aliphatic heterocycles. The van der Waals surface area contributed by atoms with Crippen molar-refractivity contribution in [2.45, 2.75) is 25.4 Å². The number of methoxy groups -OCH3 is 1. The Labute approximate surface area is 121 Å². The van der Waals surface area contributed by atoms with Gasteiger partial charge in [0.2, 0.25) is 0 Å². The van der Waals surface area contributed by atoms with Gasteiger partial charge in [-0.1, -0.05) is 18.2 Å². The smallest absolute Gasteiger partial charge is 0.325 e. The summed E-state index contributed by atoms with van der Waals surface area (Å²) in [7, 11) is 1.51. The number of imide groups is 1. The predicted molar refractivity (Wildman–Crippen MR) is 72.7 cm³/mol. The first kappa shape index (κ1) is 14.8. The number of amides is 3. The van der Waals surface area contributed by atoms with Gasteiger partial charge in [-0.05, 0) is 12.5 Å². The second kappa shape index (κ2) is 6.25. The molecule has 2 N–H and O–H groups in total. The van der Waals surface area contributed by atoms with Gasteiger partial charge in [0, 0.05) is 12.0 Å². The number of rotatable bonds is 6. The van der Waals surface area contributed by atoms with Gasteiger partial charge in [-0.2, -0.15) is 0 Å². The van der Waals surface area contributed by atoms with E-state index < -0.39 is 23.9 Å². The number of carbonyl (C=O) groups excluding carboxylic acids is 2. The molecule has 7 heteroatoms. The van der Waals surface area contributed by atoms with Crippen molar-refractivity contribution in [1.82, 2.24) is 10.2 Å². The minimum atomic E-state index is -1.000. The highest BCUT2D eigenvalue weighted by Gasteiger charge is 2.38. The number of carbonyl (C=O) groups is 3. The fourth-order valence-corrected chi connectivity index (χ4v) is 2.19. The van der Waals surface area contributed by atoms with Crippen LogP contribution in [0.1, 0.15) is 18.4 Å². The Hall–Kier alpha value is -2.57. The molecule has 0 radical (unpaired) electrons. The Balaban J connectivity index is 2.08. The molecule has 0 saturated carbocycles. The van der Waals surface area contributed by atoms with Gasteiger partial charge in [-0.15, -0.1) is 0 Å². The van der Waals surface area contributed by atoms with Crippen LogP contribution in [-0.2, 0) is 16.1 Å². The summed E-state index contributed by atoms with van der Waals surface area (Å²) in [5, 5.41) is 11.1. The zero-order chi connectivity index (χ0) is 15.4. The van der Waals surface area contributed by atoms with E-state index in [-0.39, 0.29) is 19.4 Å². The largest absolute Gasteiger partial charge is 0.496 e. The molecule has 7 nitrogen and oxygen atoms in total. The van der Waals surface area contributed by atoms with E-state index in [0.29, 0.717) is 11.3 Å². The summed E-state index contributed by atoms with van der Waals surface area (Å²) >= 11 is 0. The molecule has 1 aromatic rings. The molecular weight excluding hydrogens is 276 g/mol. The van der Waals surface area contributed by atoms with Crippen LogP contribution in [0.25, 0.3) is 0 Å². The topological polar surface area (TPSA) is 95.9 Å². The number of carboxylic acid groups (broad SMARTS) is 1. The number of urea groups is 1. The molecule has 112 valence electrons. The second-order valence-corrected chi connectivity index (χ2v) is 4.67. The monoisotopic (exact) mass is 292 g/mol. The number of nitrogens with one attached hydrogen (secondary N) is 1. The van der Waals surface area contributed by atoms with Crippen LogP contribution in [0.3, 0.4) is 0 Å². The summed E-state index contributed by atoms with van der Waals surface area (Å²) in [6, 6.07) is 5.81. The van der Waals surface area contributed by atoms with Crippen molar-refractivity contribution >= 4 is 17.9 Å². The number of hydrogen-bond acceptors (Lipinski definition) is 4. The van der Waals surface area contributed by atoms with Crippen LogP contribution < -0.4 is 10.1 Å². The lowest BCUT2D eigenvalue weighted by Gasteiger charge is -2.15. The number of aliphatic carboxylic acids is 1. The quantitative estimate of drug-likeness (QED) is 0.762. The third-order valence-electron chi connectivity index (χ3n) is 3.27. The molecule has 0 spiro atoms. The zero-order valence-electron chi connectivity index (χ0n) is 11.5. The minimum absolute atomic E-state index is 0.0856. The predicted octanol–water partition coefficient (Wildman–Crippen LogP) is 0.980. The molecule has 1 atom stereocenters. The van der Waals surface area contributed by atoms with Gasteiger partial charge in [0.25, 0.3) is 5.91 Å². The van der Waals surface area contributed by atoms with Crippen LogP contribution in [0, 0.1) is 0 Å². The highest BCUT2D eigenvalue weighted by molar-refractivity contribution is 6.04. The second-order valence-electron chi connectivity index (χ2n) is 4.67. The number of hydrogen-bond donors (Lipinski definition) is 2. The van der Waals surface area contributed by atoms with E-state index in [1.807, 2.05) is 0 Å². The van der Waals surface area contributed by atoms with E-state index in [4.69, 9.17) is 9.84 Å². The Bertz CT molecular complexity index is 572. The first-order chi connectivity index (χ1) is 10.0. The molecule has 1 fully saturated rings. The molecule has 2 rings (SSSR count). The maximum atomic E-state index is 12.1. The number of benzene rings is 1. The van der Waals surface area contributed by atoms with Crippen molar-refractivity contribution in [3.63, 3.8) is 0 Å². The summed E-state index contributed by atoms with van der Waals surface area (Å²) in [4.78, 5) is 35.6. The van der Waals surface area contributed by atoms with E-state index in [1.54, 1.807) is 24.3 Å². The molecule has 3 amide bonds. The third-order valence-corrected chi connectivity index (χ3v) is 3.27. The number of ether oxygens (including phenoxy) is 1. The van der Waals surface area contributed by atoms with Crippen LogP contribution in [0.5, 0.6) is 5.75 Å². The Morgan fingerprint density at radius 3 is 2.76 bits per heavy atom. The molecule has 0 aromatic heterocycles. The number of carboxylic acids is 1. The van der Waals surface area contributed by atoms with Gasteiger partial charge in [0.05, 0.1) is 13.7 Å². The SMILES string of the molecule is COc1ccccc1CN1C(=O)N[C@H](CCC(=O)O)C1=O. The fraction of sp³-hybridized carbons (Fsp3) is 0.357. The van der Waals surface area contributed by atoms with E-state index in [9.17, 15) is 14.4 Å². The van der Waals surface area contributed by atoms with Gasteiger partial charge in [-0.3, -0.25) is 14.5 Å². The lowest BCUT2D eigenvalue weighted by molar-refractivity contribution is -0.137. The van der Waals surface area contributed by atoms with Gasteiger partial charge in [0.15, 0.2) is 0 Å². The molecule has 0 bridgehead atoms. The van der Waals surface area contributed by atoms with Crippen molar-refractivity contribution < 1.29 is 24.2 Å². The Morgan fingerprint density at radius 2 is 2.10 bits per heavy atom. The number of nitrogens with zero attached hydrogens (tertiary/aromatic N) is 1. The van der Waals surface area contributed by atoms with Crippen molar-refractivity contribution in [2.24, 2.45) is 0 Å². The van der Waals surface area contributed by atoms with Gasteiger partial charge < -0.3 is 15.2 Å². The molecule has 1 heterocycles. The van der Waals surface area contributed by atoms with Crippen LogP contribution in [0.2, 0.25) is 0 Å². The zero-order valence-corrected chi connectivity index (χ0v) is 11.5. The third kappa shape index (κ3) is 3.31. The summed E-state index contributed by atoms with van der Waals surface area (Å²) in [5.74, 6) is -0.820. The molecule has 0 unspecified atom stereocenters. The van der Waals surface area contributed by atoms with Gasteiger partial charge in [0.1, 0.15) is 11.8 Å². The van der Waals surface area contributed by atoms with Crippen molar-refractivity contribution in [1.29, 1.82) is 0 Å². The normalized spacial score (nSPS) is 17.8. The molecule has 0 aliphatic carbocycles. The lowest BCUT2D eigenvalue weighted by atomic mass is 10.1. The maximum absolute atomic E-state index is 12.1. The van der Waals surface area contributed by atoms with Crippen molar-refractivity contribution in [3.8, 4) is 5.75 Å². The molecule has 1 aliphatic rings. The molecular formula is C14H16N2O5. The van der Waals surface area contributed by atoms with E-state index in [1.165, 1.54) is 7.11 Å². The first-order valence-electron chi connectivity index (χ1n) is 6.48. The van der Waals surface area contributed by atoms with Crippen LogP contribution in [0.4, 0.5) is 4.79 Å². The van der Waals surface area contributed by atoms with Crippen LogP contribution in [0.15, 0.2) is 24.3 Å². The van der Waals surface area contributed by atoms with E-state index in [2.05, 4.69) is 5.32 Å². The standard InChI is InChI=1S/C14H16N2O5/c1-21-11-5-3-2-4-9(11)8-16-13(19)10(15-14(16)20)6-7-12(17)18/h2-5,10H,6-8H2,1H3,(H,15,20)(H,17,18)/t10-/m1/s1. The maximum Gasteiger partial charge on any atom is 0.325 e. The van der Waals surface area contributed by atoms with E-state index in [0.717, 1.165) is 4.90 Å². The molecule has 1 saturated heterocycles. The highest BCUT2D eigenvalue weighted by atomic mass is 16.5. The van der Waals surface area contributed by atoms with Gasteiger partial charge >= 0.3 is 12.0 Å². The average Bonchev–Trinajstić information content (AvgIpc) is 2.73. The minimum Gasteiger partial charge on any atom is -0.496 e. The fourth-order valence-electron chi connectivity index (χ4n) is 2.19. The summed E-state index contributed by atoms with van der Waals surface area (Å²) in [6.07, 6.45) is -0.0818. The van der Waals surface area contributed by atoms with E-state index >= 15 is 0 Å². The summed E-state index contributed by atoms with van der Waals surface area (Å²) < 4.78 is 5.18. The van der Waals surface area contributed by atoms with Gasteiger partial charge in [-0.25, -0.2) is 4.79 Å². The molecule has 21 heavy (non-hydrogen) atoms. The lowest BCUT2D eigenvalue weighted by Crippen LogP contribution is -2.31. The van der Waals surface area contributed by atoms with Crippen molar-refractivity contribution in [3.05, 3.63) is 29.8 Å². The van der Waals surface area contributed by atoms with Crippen molar-refractivity contribution in [2.75, 3.05) is 7.11 Å². The Kier molecular flexibility index (Phi) is 4.42. The summed E-state index contributed by atoms with van der Waals surface area (Å²) in [5.41, 5.74) is 0.711. The molecule has 1 aromatic carbocycles. The van der Waals surface area contributed by atoms with Crippen LogP contribution >= 0.6 is 0 Å². The number of para-hydroxylation sites is 1. The first-order valence-corrected chi connectivity index (χ1v) is 6.48. The average molecular weight is 292 g/mol.